The van der Waals surface area contributed by atoms with E-state index in [1.807, 2.05) is 123 Å². The van der Waals surface area contributed by atoms with Gasteiger partial charge in [-0.3, -0.25) is 0 Å². The van der Waals surface area contributed by atoms with Gasteiger partial charge in [-0.15, -0.1) is 0 Å². The van der Waals surface area contributed by atoms with E-state index in [-0.39, 0.29) is 23.7 Å². The summed E-state index contributed by atoms with van der Waals surface area (Å²) in [6.07, 6.45) is 12.9. The Morgan fingerprint density at radius 1 is 0.606 bits per heavy atom. The topological polar surface area (TPSA) is 87.2 Å². The molecule has 0 radical (unpaired) electrons. The number of ether oxygens (including phenoxy) is 4. The Hall–Kier alpha value is -7.84. The van der Waals surface area contributed by atoms with E-state index in [0.717, 1.165) is 61.9 Å². The molecule has 0 amide bonds. The highest BCUT2D eigenvalue weighted by Gasteiger charge is 2.25. The average Bonchev–Trinajstić information content (AvgIpc) is 3.69. The molecule has 2 atom stereocenters. The summed E-state index contributed by atoms with van der Waals surface area (Å²) >= 11 is 0. The molecule has 66 heavy (non-hydrogen) atoms. The Balaban J connectivity index is 1.04. The molecule has 6 aromatic carbocycles. The first kappa shape index (κ1) is 43.4. The van der Waals surface area contributed by atoms with Crippen molar-refractivity contribution in [1.82, 2.24) is 9.13 Å². The maximum Gasteiger partial charge on any atom is 0.147 e. The van der Waals surface area contributed by atoms with E-state index in [9.17, 15) is 10.2 Å². The van der Waals surface area contributed by atoms with Gasteiger partial charge in [0.1, 0.15) is 34.5 Å². The van der Waals surface area contributed by atoms with Gasteiger partial charge in [-0.25, -0.2) is 0 Å². The summed E-state index contributed by atoms with van der Waals surface area (Å²) in [6.45, 7) is 16.3. The predicted octanol–water partition coefficient (Wildman–Crippen LogP) is 14.3. The zero-order valence-corrected chi connectivity index (χ0v) is 38.3. The number of aromatic nitrogens is 2. The van der Waals surface area contributed by atoms with Crippen LogP contribution in [0.15, 0.2) is 135 Å². The van der Waals surface area contributed by atoms with E-state index in [0.29, 0.717) is 63.0 Å². The molecule has 1 aliphatic carbocycles. The fourth-order valence-electron chi connectivity index (χ4n) is 9.45. The van der Waals surface area contributed by atoms with Gasteiger partial charge in [-0.2, -0.15) is 0 Å². The summed E-state index contributed by atoms with van der Waals surface area (Å²) in [6, 6.07) is 35.6. The Morgan fingerprint density at radius 2 is 1.12 bits per heavy atom. The predicted molar refractivity (Wildman–Crippen MR) is 271 cm³/mol. The number of hydrogen-bond acceptors (Lipinski definition) is 6. The number of fused-ring (bicyclic) bond motifs is 4. The molecular weight excluding hydrogens is 821 g/mol. The van der Waals surface area contributed by atoms with Crippen molar-refractivity contribution in [2.75, 3.05) is 14.2 Å². The number of hydrogen-bond donors (Lipinski definition) is 2. The molecule has 0 spiro atoms. The fraction of sp³-hybridized carbons (Fsp3) is 0.172. The van der Waals surface area contributed by atoms with Gasteiger partial charge >= 0.3 is 0 Å². The van der Waals surface area contributed by atoms with E-state index < -0.39 is 0 Å². The molecule has 0 unspecified atom stereocenters. The Labute approximate surface area is 386 Å². The van der Waals surface area contributed by atoms with Crippen LogP contribution in [-0.4, -0.2) is 45.8 Å². The van der Waals surface area contributed by atoms with E-state index in [1.54, 1.807) is 20.3 Å². The van der Waals surface area contributed by atoms with Gasteiger partial charge in [-0.05, 0) is 130 Å². The fourth-order valence-corrected chi connectivity index (χ4v) is 9.45. The lowest BCUT2D eigenvalue weighted by molar-refractivity contribution is 0.131. The largest absolute Gasteiger partial charge is 0.505 e. The molecule has 0 saturated carbocycles. The van der Waals surface area contributed by atoms with Crippen LogP contribution in [0.3, 0.4) is 0 Å². The minimum Gasteiger partial charge on any atom is -0.505 e. The maximum atomic E-state index is 12.3. The Morgan fingerprint density at radius 3 is 1.67 bits per heavy atom. The average molecular weight is 875 g/mol. The molecule has 8 heteroatoms. The van der Waals surface area contributed by atoms with Crippen LogP contribution >= 0.6 is 0 Å². The van der Waals surface area contributed by atoms with Gasteiger partial charge in [-0.1, -0.05) is 73.9 Å². The monoisotopic (exact) mass is 874 g/mol. The van der Waals surface area contributed by atoms with Crippen LogP contribution in [0.2, 0.25) is 0 Å². The van der Waals surface area contributed by atoms with Gasteiger partial charge in [0.2, 0.25) is 0 Å². The minimum absolute atomic E-state index is 0.0887. The summed E-state index contributed by atoms with van der Waals surface area (Å²) in [5, 5.41) is 26.7. The number of allylic oxidation sites excluding steroid dienone is 2. The van der Waals surface area contributed by atoms with Gasteiger partial charge in [0.15, 0.2) is 0 Å². The summed E-state index contributed by atoms with van der Waals surface area (Å²) in [5.41, 5.74) is 11.7. The Kier molecular flexibility index (Phi) is 11.8. The quantitative estimate of drug-likeness (QED) is 0.113. The molecule has 8 aromatic rings. The van der Waals surface area contributed by atoms with Crippen molar-refractivity contribution < 1.29 is 29.2 Å². The minimum atomic E-state index is -0.325. The van der Waals surface area contributed by atoms with Crippen LogP contribution in [0, 0.1) is 13.8 Å². The highest BCUT2D eigenvalue weighted by Crippen LogP contribution is 2.47. The second-order valence-electron chi connectivity index (χ2n) is 16.9. The molecule has 0 bridgehead atoms. The molecule has 0 saturated heterocycles. The molecule has 8 nitrogen and oxygen atoms in total. The van der Waals surface area contributed by atoms with E-state index in [4.69, 9.17) is 18.9 Å². The summed E-state index contributed by atoms with van der Waals surface area (Å²) in [7, 11) is 3.26. The number of nitrogens with zero attached hydrogens (tertiary/aromatic N) is 2. The van der Waals surface area contributed by atoms with Crippen LogP contribution in [0.4, 0.5) is 0 Å². The third-order valence-corrected chi connectivity index (χ3v) is 12.4. The van der Waals surface area contributed by atoms with E-state index in [1.165, 1.54) is 0 Å². The SMILES string of the molecule is C=Cc1c(C=C)n(-c2cc(C)cc(-c3cc(OC)ccc3O[C@@H](C)C[C@H](C)Oc3ccc(OC)cc3-c3cc(C)cc(-n4c5c(c6ccccc64)C=CCC=C5)c3O)c2O)c2ccccc12. The molecule has 2 heterocycles. The van der Waals surface area contributed by atoms with Crippen LogP contribution in [0.5, 0.6) is 34.5 Å². The Bertz CT molecular complexity index is 3250. The summed E-state index contributed by atoms with van der Waals surface area (Å²) in [5.74, 6) is 2.66. The van der Waals surface area contributed by atoms with Gasteiger partial charge in [0.25, 0.3) is 0 Å². The van der Waals surface area contributed by atoms with Crippen LogP contribution in [0.1, 0.15) is 60.3 Å². The highest BCUT2D eigenvalue weighted by atomic mass is 16.5. The first-order valence-electron chi connectivity index (χ1n) is 22.3. The van der Waals surface area contributed by atoms with Crippen molar-refractivity contribution in [3.8, 4) is 68.1 Å². The van der Waals surface area contributed by atoms with Crippen molar-refractivity contribution in [3.63, 3.8) is 0 Å². The summed E-state index contributed by atoms with van der Waals surface area (Å²) in [4.78, 5) is 0. The highest BCUT2D eigenvalue weighted by molar-refractivity contribution is 5.98. The lowest BCUT2D eigenvalue weighted by atomic mass is 9.99. The van der Waals surface area contributed by atoms with Crippen molar-refractivity contribution in [1.29, 1.82) is 0 Å². The number of para-hydroxylation sites is 2. The number of aryl methyl sites for hydroxylation is 2. The normalized spacial score (nSPS) is 13.0. The number of benzene rings is 6. The molecule has 1 aliphatic rings. The lowest BCUT2D eigenvalue weighted by Crippen LogP contribution is -2.23. The second kappa shape index (κ2) is 18.0. The van der Waals surface area contributed by atoms with Crippen LogP contribution in [0.25, 0.3) is 79.7 Å². The molecule has 0 fully saturated rings. The molecular formula is C58H54N2O6. The van der Waals surface area contributed by atoms with Gasteiger partial charge in [0, 0.05) is 50.6 Å². The second-order valence-corrected chi connectivity index (χ2v) is 16.9. The van der Waals surface area contributed by atoms with E-state index >= 15 is 0 Å². The van der Waals surface area contributed by atoms with Gasteiger partial charge in [0.05, 0.1) is 60.2 Å². The number of phenolic OH excluding ortho intramolecular Hbond substituents is 2. The zero-order valence-electron chi connectivity index (χ0n) is 38.3. The van der Waals surface area contributed by atoms with Crippen molar-refractivity contribution >= 4 is 46.1 Å². The first-order chi connectivity index (χ1) is 32.0. The molecule has 2 aromatic heterocycles. The smallest absolute Gasteiger partial charge is 0.147 e. The maximum absolute atomic E-state index is 12.3. The van der Waals surface area contributed by atoms with Crippen molar-refractivity contribution in [3.05, 3.63) is 168 Å². The molecule has 332 valence electrons. The lowest BCUT2D eigenvalue weighted by Gasteiger charge is -2.24. The van der Waals surface area contributed by atoms with E-state index in [2.05, 4.69) is 66.3 Å². The number of aromatic hydroxyl groups is 2. The zero-order chi connectivity index (χ0) is 46.2. The van der Waals surface area contributed by atoms with Crippen LogP contribution in [-0.2, 0) is 0 Å². The first-order valence-corrected chi connectivity index (χ1v) is 22.3. The molecule has 2 N–H and O–H groups in total. The number of methoxy groups -OCH3 is 2. The number of rotatable bonds is 14. The summed E-state index contributed by atoms with van der Waals surface area (Å²) < 4.78 is 29.1. The standard InChI is InChI=1S/C58H54N2O6/c1-9-41-42-19-14-16-22-50(42)59(49(41)10-2)53-30-35(3)28-47(57(53)61)45-33-39(63-7)24-26-55(45)65-37(5)32-38(6)66-56-27-25-40(64-8)34-46(56)48-29-36(4)31-54(58(48)62)60-51-21-13-11-12-18-43(51)44-20-15-17-23-52(44)60/h9-10,12-31,33-34,37-38,61-62H,1-2,11,32H2,3-8H3/t37-,38-/m0/s1. The molecule has 9 rings (SSSR count). The molecule has 0 aliphatic heterocycles. The van der Waals surface area contributed by atoms with Crippen molar-refractivity contribution in [2.24, 2.45) is 0 Å². The van der Waals surface area contributed by atoms with Gasteiger partial charge < -0.3 is 38.3 Å². The van der Waals surface area contributed by atoms with Crippen LogP contribution < -0.4 is 18.9 Å². The van der Waals surface area contributed by atoms with Crippen molar-refractivity contribution in [2.45, 2.75) is 52.7 Å². The third-order valence-electron chi connectivity index (χ3n) is 12.4. The third kappa shape index (κ3) is 7.78. The number of phenols is 2.